The summed E-state index contributed by atoms with van der Waals surface area (Å²) in [6.07, 6.45) is 1.97. The fourth-order valence-electron chi connectivity index (χ4n) is 2.22. The monoisotopic (exact) mass is 321 g/mol. The summed E-state index contributed by atoms with van der Waals surface area (Å²) in [6, 6.07) is 8.19. The first-order valence-electron chi connectivity index (χ1n) is 6.67. The van der Waals surface area contributed by atoms with E-state index in [-0.39, 0.29) is 0 Å². The van der Waals surface area contributed by atoms with Crippen molar-refractivity contribution in [3.63, 3.8) is 0 Å². The largest absolute Gasteiger partial charge is 0.313 e. The molecule has 1 aromatic carbocycles. The zero-order chi connectivity index (χ0) is 13.8. The fourth-order valence-corrected chi connectivity index (χ4v) is 2.67. The molecule has 1 aromatic heterocycles. The first-order valence-corrected chi connectivity index (χ1v) is 7.46. The van der Waals surface area contributed by atoms with Crippen LogP contribution >= 0.6 is 15.9 Å². The lowest BCUT2D eigenvalue weighted by Crippen LogP contribution is -2.14. The molecule has 0 aliphatic heterocycles. The molecular formula is C15H20BrN3. The molecule has 0 unspecified atom stereocenters. The first kappa shape index (κ1) is 14.3. The van der Waals surface area contributed by atoms with Crippen molar-refractivity contribution in [2.24, 2.45) is 0 Å². The van der Waals surface area contributed by atoms with Crippen LogP contribution < -0.4 is 5.32 Å². The van der Waals surface area contributed by atoms with E-state index in [4.69, 9.17) is 0 Å². The van der Waals surface area contributed by atoms with Crippen LogP contribution in [-0.4, -0.2) is 16.3 Å². The number of benzene rings is 1. The van der Waals surface area contributed by atoms with Gasteiger partial charge in [-0.05, 0) is 40.5 Å². The highest BCUT2D eigenvalue weighted by Gasteiger charge is 2.16. The summed E-state index contributed by atoms with van der Waals surface area (Å²) in [7, 11) is 0. The van der Waals surface area contributed by atoms with Crippen molar-refractivity contribution in [1.29, 1.82) is 0 Å². The molecule has 0 bridgehead atoms. The molecule has 0 aliphatic rings. The van der Waals surface area contributed by atoms with Crippen LogP contribution in [0.3, 0.4) is 0 Å². The molecule has 0 saturated carbocycles. The molecule has 2 rings (SSSR count). The van der Waals surface area contributed by atoms with E-state index >= 15 is 0 Å². The van der Waals surface area contributed by atoms with E-state index in [2.05, 4.69) is 53.2 Å². The van der Waals surface area contributed by atoms with Crippen molar-refractivity contribution in [1.82, 2.24) is 15.1 Å². The lowest BCUT2D eigenvalue weighted by Gasteiger charge is -2.14. The van der Waals surface area contributed by atoms with E-state index in [9.17, 15) is 0 Å². The van der Waals surface area contributed by atoms with Gasteiger partial charge in [-0.15, -0.1) is 0 Å². The van der Waals surface area contributed by atoms with E-state index in [1.807, 2.05) is 29.1 Å². The quantitative estimate of drug-likeness (QED) is 0.906. The average Bonchev–Trinajstić information content (AvgIpc) is 2.80. The molecule has 0 saturated heterocycles. The van der Waals surface area contributed by atoms with Gasteiger partial charge in [0, 0.05) is 16.6 Å². The number of halogens is 1. The number of nitrogens with one attached hydrogen (secondary N) is 1. The van der Waals surface area contributed by atoms with Gasteiger partial charge < -0.3 is 5.32 Å². The highest BCUT2D eigenvalue weighted by molar-refractivity contribution is 9.10. The Kier molecular flexibility index (Phi) is 4.77. The Morgan fingerprint density at radius 2 is 2.05 bits per heavy atom. The molecule has 102 valence electrons. The molecule has 1 N–H and O–H groups in total. The third-order valence-electron chi connectivity index (χ3n) is 3.08. The Hall–Kier alpha value is -1.13. The van der Waals surface area contributed by atoms with Crippen LogP contribution in [0, 0.1) is 0 Å². The molecule has 0 atom stereocenters. The summed E-state index contributed by atoms with van der Waals surface area (Å²) >= 11 is 3.60. The Morgan fingerprint density at radius 1 is 1.32 bits per heavy atom. The summed E-state index contributed by atoms with van der Waals surface area (Å²) in [5.74, 6) is 0.434. The minimum atomic E-state index is 0.434. The third kappa shape index (κ3) is 3.07. The molecule has 0 aliphatic carbocycles. The summed E-state index contributed by atoms with van der Waals surface area (Å²) in [4.78, 5) is 0. The van der Waals surface area contributed by atoms with Crippen LogP contribution in [0.25, 0.3) is 5.69 Å². The maximum atomic E-state index is 4.57. The second kappa shape index (κ2) is 6.35. The minimum Gasteiger partial charge on any atom is -0.313 e. The number of nitrogens with zero attached hydrogens (tertiary/aromatic N) is 2. The van der Waals surface area contributed by atoms with Gasteiger partial charge in [0.25, 0.3) is 0 Å². The molecule has 2 aromatic rings. The van der Waals surface area contributed by atoms with E-state index in [0.717, 1.165) is 23.2 Å². The van der Waals surface area contributed by atoms with E-state index in [1.54, 1.807) is 0 Å². The van der Waals surface area contributed by atoms with Crippen LogP contribution in [0.15, 0.2) is 34.9 Å². The third-order valence-corrected chi connectivity index (χ3v) is 3.75. The SMILES string of the molecule is CCNCc1cnn(-c2ccccc2Br)c1C(C)C. The highest BCUT2D eigenvalue weighted by Crippen LogP contribution is 2.27. The van der Waals surface area contributed by atoms with Crippen molar-refractivity contribution in [2.75, 3.05) is 6.54 Å². The Balaban J connectivity index is 2.46. The second-order valence-electron chi connectivity index (χ2n) is 4.85. The maximum absolute atomic E-state index is 4.57. The average molecular weight is 322 g/mol. The van der Waals surface area contributed by atoms with Gasteiger partial charge in [0.1, 0.15) is 0 Å². The molecule has 0 spiro atoms. The van der Waals surface area contributed by atoms with Crippen LogP contribution in [0.2, 0.25) is 0 Å². The Morgan fingerprint density at radius 3 is 2.68 bits per heavy atom. The molecular weight excluding hydrogens is 302 g/mol. The number of hydrogen-bond donors (Lipinski definition) is 1. The van der Waals surface area contributed by atoms with Gasteiger partial charge in [0.15, 0.2) is 0 Å². The molecule has 1 heterocycles. The summed E-state index contributed by atoms with van der Waals surface area (Å²) in [5.41, 5.74) is 3.63. The molecule has 0 radical (unpaired) electrons. The van der Waals surface area contributed by atoms with Gasteiger partial charge in [-0.2, -0.15) is 5.10 Å². The fraction of sp³-hybridized carbons (Fsp3) is 0.400. The minimum absolute atomic E-state index is 0.434. The van der Waals surface area contributed by atoms with Crippen LogP contribution in [0.1, 0.15) is 37.9 Å². The lowest BCUT2D eigenvalue weighted by atomic mass is 10.1. The zero-order valence-electron chi connectivity index (χ0n) is 11.7. The van der Waals surface area contributed by atoms with Gasteiger partial charge >= 0.3 is 0 Å². The zero-order valence-corrected chi connectivity index (χ0v) is 13.2. The number of rotatable bonds is 5. The summed E-state index contributed by atoms with van der Waals surface area (Å²) < 4.78 is 3.11. The standard InChI is InChI=1S/C15H20BrN3/c1-4-17-9-12-10-18-19(15(12)11(2)3)14-8-6-5-7-13(14)16/h5-8,10-11,17H,4,9H2,1-3H3. The van der Waals surface area contributed by atoms with Crippen molar-refractivity contribution in [3.05, 3.63) is 46.2 Å². The van der Waals surface area contributed by atoms with E-state index < -0.39 is 0 Å². The summed E-state index contributed by atoms with van der Waals surface area (Å²) in [6.45, 7) is 8.37. The molecule has 4 heteroatoms. The predicted octanol–water partition coefficient (Wildman–Crippen LogP) is 3.87. The van der Waals surface area contributed by atoms with Gasteiger partial charge in [0.2, 0.25) is 0 Å². The van der Waals surface area contributed by atoms with Crippen molar-refractivity contribution < 1.29 is 0 Å². The van der Waals surface area contributed by atoms with Gasteiger partial charge in [-0.25, -0.2) is 4.68 Å². The number of aromatic nitrogens is 2. The molecule has 19 heavy (non-hydrogen) atoms. The van der Waals surface area contributed by atoms with Gasteiger partial charge in [0.05, 0.1) is 17.6 Å². The topological polar surface area (TPSA) is 29.9 Å². The highest BCUT2D eigenvalue weighted by atomic mass is 79.9. The van der Waals surface area contributed by atoms with Crippen molar-refractivity contribution in [3.8, 4) is 5.69 Å². The number of para-hydroxylation sites is 1. The lowest BCUT2D eigenvalue weighted by molar-refractivity contribution is 0.688. The van der Waals surface area contributed by atoms with Crippen molar-refractivity contribution in [2.45, 2.75) is 33.2 Å². The molecule has 3 nitrogen and oxygen atoms in total. The molecule has 0 fully saturated rings. The van der Waals surface area contributed by atoms with Gasteiger partial charge in [-0.3, -0.25) is 0 Å². The normalized spacial score (nSPS) is 11.2. The van der Waals surface area contributed by atoms with Crippen LogP contribution in [0.5, 0.6) is 0 Å². The van der Waals surface area contributed by atoms with E-state index in [0.29, 0.717) is 5.92 Å². The van der Waals surface area contributed by atoms with Crippen LogP contribution in [-0.2, 0) is 6.54 Å². The van der Waals surface area contributed by atoms with Gasteiger partial charge in [-0.1, -0.05) is 32.9 Å². The first-order chi connectivity index (χ1) is 9.15. The Bertz CT molecular complexity index is 546. The predicted molar refractivity (Wildman–Crippen MR) is 82.7 cm³/mol. The summed E-state index contributed by atoms with van der Waals surface area (Å²) in [5, 5.41) is 7.94. The maximum Gasteiger partial charge on any atom is 0.0790 e. The van der Waals surface area contributed by atoms with E-state index in [1.165, 1.54) is 11.3 Å². The van der Waals surface area contributed by atoms with Crippen molar-refractivity contribution >= 4 is 15.9 Å². The molecule has 0 amide bonds. The second-order valence-corrected chi connectivity index (χ2v) is 5.71. The number of hydrogen-bond acceptors (Lipinski definition) is 2. The van der Waals surface area contributed by atoms with Crippen LogP contribution in [0.4, 0.5) is 0 Å². The smallest absolute Gasteiger partial charge is 0.0790 e. The Labute approximate surface area is 123 Å².